The Morgan fingerprint density at radius 2 is 2.12 bits per heavy atom. The fourth-order valence-electron chi connectivity index (χ4n) is 2.97. The third-order valence-corrected chi connectivity index (χ3v) is 3.87. The van der Waals surface area contributed by atoms with E-state index < -0.39 is 0 Å². The van der Waals surface area contributed by atoms with Crippen LogP contribution in [-0.4, -0.2) is 62.1 Å². The Bertz CT molecular complexity index is 277. The molecule has 0 aromatic rings. The summed E-state index contributed by atoms with van der Waals surface area (Å²) in [7, 11) is 5.70. The van der Waals surface area contributed by atoms with Crippen molar-refractivity contribution in [3.05, 3.63) is 0 Å². The summed E-state index contributed by atoms with van der Waals surface area (Å²) in [5.74, 6) is 0.517. The highest BCUT2D eigenvalue weighted by atomic mass is 16.5. The summed E-state index contributed by atoms with van der Waals surface area (Å²) in [4.78, 5) is 16.5. The van der Waals surface area contributed by atoms with Crippen molar-refractivity contribution >= 4 is 5.97 Å². The van der Waals surface area contributed by atoms with Gasteiger partial charge in [0.25, 0.3) is 0 Å². The lowest BCUT2D eigenvalue weighted by atomic mass is 10.1. The maximum absolute atomic E-state index is 11.9. The summed E-state index contributed by atoms with van der Waals surface area (Å²) in [5.41, 5.74) is 0. The quantitative estimate of drug-likeness (QED) is 0.670. The van der Waals surface area contributed by atoms with Crippen molar-refractivity contribution in [2.24, 2.45) is 5.92 Å². The zero-order chi connectivity index (χ0) is 12.4. The Hall–Kier alpha value is -0.610. The van der Waals surface area contributed by atoms with E-state index in [9.17, 15) is 4.79 Å². The summed E-state index contributed by atoms with van der Waals surface area (Å²) in [6, 6.07) is 0.544. The first kappa shape index (κ1) is 12.8. The van der Waals surface area contributed by atoms with Gasteiger partial charge in [-0.25, -0.2) is 0 Å². The van der Waals surface area contributed by atoms with Crippen LogP contribution in [0.5, 0.6) is 0 Å². The molecule has 17 heavy (non-hydrogen) atoms. The van der Waals surface area contributed by atoms with Crippen molar-refractivity contribution in [2.75, 3.05) is 34.3 Å². The van der Waals surface area contributed by atoms with Crippen LogP contribution in [0.3, 0.4) is 0 Å². The summed E-state index contributed by atoms with van der Waals surface area (Å²) in [6.07, 6.45) is 4.78. The molecule has 2 atom stereocenters. The van der Waals surface area contributed by atoms with Gasteiger partial charge >= 0.3 is 5.97 Å². The highest BCUT2D eigenvalue weighted by Gasteiger charge is 2.44. The molecule has 0 aromatic heterocycles. The Labute approximate surface area is 104 Å². The van der Waals surface area contributed by atoms with Crippen molar-refractivity contribution in [1.29, 1.82) is 0 Å². The normalized spacial score (nSPS) is 27.4. The minimum absolute atomic E-state index is 0.0208. The van der Waals surface area contributed by atoms with Gasteiger partial charge in [0.2, 0.25) is 0 Å². The molecule has 4 heteroatoms. The van der Waals surface area contributed by atoms with Crippen LogP contribution in [0.15, 0.2) is 0 Å². The predicted molar refractivity (Wildman–Crippen MR) is 66.8 cm³/mol. The van der Waals surface area contributed by atoms with Gasteiger partial charge in [0, 0.05) is 12.6 Å². The van der Waals surface area contributed by atoms with Gasteiger partial charge in [0.1, 0.15) is 6.04 Å². The molecule has 0 aromatic carbocycles. The van der Waals surface area contributed by atoms with E-state index in [4.69, 9.17) is 4.74 Å². The number of likely N-dealkylation sites (N-methyl/N-ethyl adjacent to an activating group) is 1. The van der Waals surface area contributed by atoms with Crippen molar-refractivity contribution in [1.82, 2.24) is 9.80 Å². The molecule has 0 spiro atoms. The summed E-state index contributed by atoms with van der Waals surface area (Å²) < 4.78 is 4.99. The van der Waals surface area contributed by atoms with Crippen LogP contribution in [0.4, 0.5) is 0 Å². The third-order valence-electron chi connectivity index (χ3n) is 3.87. The van der Waals surface area contributed by atoms with E-state index in [0.29, 0.717) is 12.0 Å². The summed E-state index contributed by atoms with van der Waals surface area (Å²) >= 11 is 0. The molecular formula is C13H24N2O2. The monoisotopic (exact) mass is 240 g/mol. The Morgan fingerprint density at radius 3 is 2.65 bits per heavy atom. The predicted octanol–water partition coefficient (Wildman–Crippen LogP) is 0.964. The SMILES string of the molecule is COC(=O)C(C1CC1)N1CCCC1CN(C)C. The topological polar surface area (TPSA) is 32.8 Å². The first-order valence-corrected chi connectivity index (χ1v) is 6.61. The molecule has 98 valence electrons. The smallest absolute Gasteiger partial charge is 0.323 e. The maximum atomic E-state index is 11.9. The number of carbonyl (C=O) groups is 1. The second-order valence-electron chi connectivity index (χ2n) is 5.60. The first-order chi connectivity index (χ1) is 8.13. The fourth-order valence-corrected chi connectivity index (χ4v) is 2.97. The second kappa shape index (κ2) is 5.36. The van der Waals surface area contributed by atoms with Gasteiger partial charge in [-0.1, -0.05) is 0 Å². The molecule has 4 nitrogen and oxygen atoms in total. The number of methoxy groups -OCH3 is 1. The van der Waals surface area contributed by atoms with Crippen molar-refractivity contribution in [3.63, 3.8) is 0 Å². The lowest BCUT2D eigenvalue weighted by Crippen LogP contribution is -2.49. The minimum Gasteiger partial charge on any atom is -0.468 e. The lowest BCUT2D eigenvalue weighted by Gasteiger charge is -2.32. The van der Waals surface area contributed by atoms with E-state index in [2.05, 4.69) is 23.9 Å². The zero-order valence-electron chi connectivity index (χ0n) is 11.2. The van der Waals surface area contributed by atoms with Crippen LogP contribution in [0, 0.1) is 5.92 Å². The Kier molecular flexibility index (Phi) is 4.05. The lowest BCUT2D eigenvalue weighted by molar-refractivity contribution is -0.148. The molecule has 1 heterocycles. The highest BCUT2D eigenvalue weighted by molar-refractivity contribution is 5.76. The molecule has 1 aliphatic carbocycles. The molecule has 2 unspecified atom stereocenters. The molecular weight excluding hydrogens is 216 g/mol. The van der Waals surface area contributed by atoms with Crippen LogP contribution in [0.25, 0.3) is 0 Å². The van der Waals surface area contributed by atoms with Crippen LogP contribution < -0.4 is 0 Å². The molecule has 0 bridgehead atoms. The molecule has 2 aliphatic rings. The van der Waals surface area contributed by atoms with E-state index in [1.807, 2.05) is 0 Å². The van der Waals surface area contributed by atoms with E-state index in [0.717, 1.165) is 13.1 Å². The molecule has 2 rings (SSSR count). The average molecular weight is 240 g/mol. The number of esters is 1. The van der Waals surface area contributed by atoms with Gasteiger partial charge in [-0.05, 0) is 52.2 Å². The minimum atomic E-state index is -0.0295. The molecule has 1 aliphatic heterocycles. The van der Waals surface area contributed by atoms with E-state index in [-0.39, 0.29) is 12.0 Å². The standard InChI is InChI=1S/C13H24N2O2/c1-14(2)9-11-5-4-8-15(11)12(10-6-7-10)13(16)17-3/h10-12H,4-9H2,1-3H3. The number of nitrogens with zero attached hydrogens (tertiary/aromatic N) is 2. The fraction of sp³-hybridized carbons (Fsp3) is 0.923. The average Bonchev–Trinajstić information content (AvgIpc) is 3.01. The van der Waals surface area contributed by atoms with Crippen molar-refractivity contribution in [2.45, 2.75) is 37.8 Å². The summed E-state index contributed by atoms with van der Waals surface area (Å²) in [5, 5.41) is 0. The van der Waals surface area contributed by atoms with E-state index in [1.54, 1.807) is 0 Å². The largest absolute Gasteiger partial charge is 0.468 e. The van der Waals surface area contributed by atoms with Crippen LogP contribution >= 0.6 is 0 Å². The molecule has 1 saturated heterocycles. The zero-order valence-corrected chi connectivity index (χ0v) is 11.2. The third kappa shape index (κ3) is 2.99. The number of hydrogen-bond acceptors (Lipinski definition) is 4. The maximum Gasteiger partial charge on any atom is 0.323 e. The second-order valence-corrected chi connectivity index (χ2v) is 5.60. The van der Waals surface area contributed by atoms with Gasteiger partial charge in [0.15, 0.2) is 0 Å². The molecule has 0 radical (unpaired) electrons. The summed E-state index contributed by atoms with van der Waals surface area (Å²) in [6.45, 7) is 2.09. The first-order valence-electron chi connectivity index (χ1n) is 6.61. The van der Waals surface area contributed by atoms with Crippen molar-refractivity contribution < 1.29 is 9.53 Å². The van der Waals surface area contributed by atoms with E-state index in [1.165, 1.54) is 32.8 Å². The van der Waals surface area contributed by atoms with Crippen LogP contribution in [0.1, 0.15) is 25.7 Å². The number of rotatable bonds is 5. The van der Waals surface area contributed by atoms with Crippen LogP contribution in [0.2, 0.25) is 0 Å². The molecule has 0 amide bonds. The number of carbonyl (C=O) groups excluding carboxylic acids is 1. The number of hydrogen-bond donors (Lipinski definition) is 0. The van der Waals surface area contributed by atoms with Crippen LogP contribution in [-0.2, 0) is 9.53 Å². The highest BCUT2D eigenvalue weighted by Crippen LogP contribution is 2.38. The molecule has 0 N–H and O–H groups in total. The van der Waals surface area contributed by atoms with Gasteiger partial charge < -0.3 is 9.64 Å². The van der Waals surface area contributed by atoms with E-state index >= 15 is 0 Å². The molecule has 2 fully saturated rings. The van der Waals surface area contributed by atoms with Gasteiger partial charge in [-0.3, -0.25) is 9.69 Å². The van der Waals surface area contributed by atoms with Crippen molar-refractivity contribution in [3.8, 4) is 0 Å². The number of ether oxygens (including phenoxy) is 1. The van der Waals surface area contributed by atoms with Gasteiger partial charge in [-0.2, -0.15) is 0 Å². The Balaban J connectivity index is 2.03. The van der Waals surface area contributed by atoms with Gasteiger partial charge in [-0.15, -0.1) is 0 Å². The van der Waals surface area contributed by atoms with Gasteiger partial charge in [0.05, 0.1) is 7.11 Å². The number of likely N-dealkylation sites (tertiary alicyclic amines) is 1. The Morgan fingerprint density at radius 1 is 1.41 bits per heavy atom. The molecule has 1 saturated carbocycles.